The van der Waals surface area contributed by atoms with E-state index >= 15 is 0 Å². The van der Waals surface area contributed by atoms with Crippen molar-refractivity contribution >= 4 is 17.5 Å². The van der Waals surface area contributed by atoms with Crippen molar-refractivity contribution in [2.75, 3.05) is 13.1 Å². The third-order valence-electron chi connectivity index (χ3n) is 3.24. The van der Waals surface area contributed by atoms with E-state index < -0.39 is 0 Å². The van der Waals surface area contributed by atoms with Crippen LogP contribution in [0.15, 0.2) is 12.4 Å². The number of carbonyl (C=O) groups excluding carboxylic acids is 1. The zero-order chi connectivity index (χ0) is 12.5. The standard InChI is InChI=1S/C12H16ClN3O/c1-12(2)3-5-16(6-4-12)11(17)9-7-15-10(13)8-14-9/h7-8H,3-6H2,1-2H3. The topological polar surface area (TPSA) is 46.1 Å². The first kappa shape index (κ1) is 12.3. The average Bonchev–Trinajstić information content (AvgIpc) is 2.29. The highest BCUT2D eigenvalue weighted by Gasteiger charge is 2.28. The zero-order valence-electron chi connectivity index (χ0n) is 10.1. The van der Waals surface area contributed by atoms with Crippen LogP contribution < -0.4 is 0 Å². The first-order valence-electron chi connectivity index (χ1n) is 5.75. The van der Waals surface area contributed by atoms with Crippen LogP contribution in [-0.4, -0.2) is 33.9 Å². The van der Waals surface area contributed by atoms with Crippen molar-refractivity contribution in [3.8, 4) is 0 Å². The minimum absolute atomic E-state index is 0.0512. The van der Waals surface area contributed by atoms with E-state index in [1.807, 2.05) is 4.90 Å². The van der Waals surface area contributed by atoms with Gasteiger partial charge in [0, 0.05) is 13.1 Å². The summed E-state index contributed by atoms with van der Waals surface area (Å²) >= 11 is 5.64. The normalized spacial score (nSPS) is 19.1. The summed E-state index contributed by atoms with van der Waals surface area (Å²) in [4.78, 5) is 21.8. The molecule has 0 atom stereocenters. The Morgan fingerprint density at radius 3 is 2.47 bits per heavy atom. The van der Waals surface area contributed by atoms with Crippen LogP contribution in [0.1, 0.15) is 37.2 Å². The predicted octanol–water partition coefficient (Wildman–Crippen LogP) is 2.39. The summed E-state index contributed by atoms with van der Waals surface area (Å²) in [6.45, 7) is 6.04. The maximum absolute atomic E-state index is 12.1. The third-order valence-corrected chi connectivity index (χ3v) is 3.44. The highest BCUT2D eigenvalue weighted by Crippen LogP contribution is 2.30. The van der Waals surface area contributed by atoms with Crippen molar-refractivity contribution in [3.05, 3.63) is 23.2 Å². The Labute approximate surface area is 106 Å². The van der Waals surface area contributed by atoms with E-state index in [4.69, 9.17) is 11.6 Å². The SMILES string of the molecule is CC1(C)CCN(C(=O)c2cnc(Cl)cn2)CC1. The van der Waals surface area contributed by atoms with Gasteiger partial charge in [-0.3, -0.25) is 4.79 Å². The van der Waals surface area contributed by atoms with Crippen molar-refractivity contribution in [1.82, 2.24) is 14.9 Å². The Hall–Kier alpha value is -1.16. The molecular formula is C12H16ClN3O. The van der Waals surface area contributed by atoms with Crippen LogP contribution in [0.2, 0.25) is 5.15 Å². The van der Waals surface area contributed by atoms with E-state index in [9.17, 15) is 4.79 Å². The number of amides is 1. The summed E-state index contributed by atoms with van der Waals surface area (Å²) < 4.78 is 0. The van der Waals surface area contributed by atoms with E-state index in [1.54, 1.807) is 0 Å². The smallest absolute Gasteiger partial charge is 0.274 e. The summed E-state index contributed by atoms with van der Waals surface area (Å²) in [5.74, 6) is -0.0512. The number of nitrogens with zero attached hydrogens (tertiary/aromatic N) is 3. The first-order chi connectivity index (χ1) is 7.98. The Bertz CT molecular complexity index is 406. The molecule has 2 heterocycles. The fourth-order valence-electron chi connectivity index (χ4n) is 1.90. The summed E-state index contributed by atoms with van der Waals surface area (Å²) in [6, 6.07) is 0. The van der Waals surface area contributed by atoms with Gasteiger partial charge in [-0.05, 0) is 18.3 Å². The molecule has 0 bridgehead atoms. The van der Waals surface area contributed by atoms with Crippen molar-refractivity contribution in [2.45, 2.75) is 26.7 Å². The molecule has 1 saturated heterocycles. The van der Waals surface area contributed by atoms with E-state index in [1.165, 1.54) is 12.4 Å². The van der Waals surface area contributed by atoms with E-state index in [-0.39, 0.29) is 5.91 Å². The first-order valence-corrected chi connectivity index (χ1v) is 6.13. The van der Waals surface area contributed by atoms with E-state index in [2.05, 4.69) is 23.8 Å². The number of likely N-dealkylation sites (tertiary alicyclic amines) is 1. The van der Waals surface area contributed by atoms with E-state index in [0.717, 1.165) is 25.9 Å². The molecule has 2 rings (SSSR count). The van der Waals surface area contributed by atoms with Crippen LogP contribution in [0.3, 0.4) is 0 Å². The van der Waals surface area contributed by atoms with Gasteiger partial charge < -0.3 is 4.90 Å². The number of aromatic nitrogens is 2. The molecule has 0 radical (unpaired) electrons. The molecule has 0 spiro atoms. The van der Waals surface area contributed by atoms with Crippen LogP contribution in [0.5, 0.6) is 0 Å². The fraction of sp³-hybridized carbons (Fsp3) is 0.583. The molecule has 0 unspecified atom stereocenters. The van der Waals surface area contributed by atoms with Crippen LogP contribution in [-0.2, 0) is 0 Å². The number of piperidine rings is 1. The lowest BCUT2D eigenvalue weighted by Crippen LogP contribution is -2.41. The van der Waals surface area contributed by atoms with Gasteiger partial charge in [-0.25, -0.2) is 9.97 Å². The molecule has 0 aromatic carbocycles. The van der Waals surface area contributed by atoms with Crippen LogP contribution in [0.25, 0.3) is 0 Å². The van der Waals surface area contributed by atoms with Gasteiger partial charge in [-0.1, -0.05) is 25.4 Å². The maximum Gasteiger partial charge on any atom is 0.274 e. The second kappa shape index (κ2) is 4.61. The molecule has 1 fully saturated rings. The number of rotatable bonds is 1. The van der Waals surface area contributed by atoms with E-state index in [0.29, 0.717) is 16.3 Å². The molecule has 1 amide bonds. The molecule has 4 nitrogen and oxygen atoms in total. The Morgan fingerprint density at radius 2 is 1.94 bits per heavy atom. The lowest BCUT2D eigenvalue weighted by molar-refractivity contribution is 0.0624. The lowest BCUT2D eigenvalue weighted by atomic mass is 9.82. The molecule has 1 aromatic heterocycles. The summed E-state index contributed by atoms with van der Waals surface area (Å²) in [5.41, 5.74) is 0.705. The fourth-order valence-corrected chi connectivity index (χ4v) is 2.00. The molecule has 0 aliphatic carbocycles. The van der Waals surface area contributed by atoms with Gasteiger partial charge in [-0.2, -0.15) is 0 Å². The molecule has 0 saturated carbocycles. The predicted molar refractivity (Wildman–Crippen MR) is 66.0 cm³/mol. The van der Waals surface area contributed by atoms with Crippen molar-refractivity contribution in [3.63, 3.8) is 0 Å². The highest BCUT2D eigenvalue weighted by molar-refractivity contribution is 6.29. The number of hydrogen-bond donors (Lipinski definition) is 0. The van der Waals surface area contributed by atoms with Gasteiger partial charge >= 0.3 is 0 Å². The summed E-state index contributed by atoms with van der Waals surface area (Å²) in [7, 11) is 0. The second-order valence-electron chi connectivity index (χ2n) is 5.18. The van der Waals surface area contributed by atoms with Crippen molar-refractivity contribution < 1.29 is 4.79 Å². The molecule has 1 aliphatic heterocycles. The summed E-state index contributed by atoms with van der Waals surface area (Å²) in [6.07, 6.45) is 4.90. The minimum Gasteiger partial charge on any atom is -0.337 e. The van der Waals surface area contributed by atoms with Gasteiger partial charge in [0.1, 0.15) is 10.8 Å². The highest BCUT2D eigenvalue weighted by atomic mass is 35.5. The Balaban J connectivity index is 2.04. The van der Waals surface area contributed by atoms with Crippen molar-refractivity contribution in [1.29, 1.82) is 0 Å². The van der Waals surface area contributed by atoms with Gasteiger partial charge in [0.2, 0.25) is 0 Å². The number of carbonyl (C=O) groups is 1. The molecule has 17 heavy (non-hydrogen) atoms. The van der Waals surface area contributed by atoms with Gasteiger partial charge in [0.25, 0.3) is 5.91 Å². The molecule has 5 heteroatoms. The minimum atomic E-state index is -0.0512. The quantitative estimate of drug-likeness (QED) is 0.772. The zero-order valence-corrected chi connectivity index (χ0v) is 10.9. The largest absolute Gasteiger partial charge is 0.337 e. The molecule has 0 N–H and O–H groups in total. The van der Waals surface area contributed by atoms with Gasteiger partial charge in [-0.15, -0.1) is 0 Å². The summed E-state index contributed by atoms with van der Waals surface area (Å²) in [5, 5.41) is 0.307. The Kier molecular flexibility index (Phi) is 3.33. The van der Waals surface area contributed by atoms with Crippen molar-refractivity contribution in [2.24, 2.45) is 5.41 Å². The second-order valence-corrected chi connectivity index (χ2v) is 5.57. The van der Waals surface area contributed by atoms with Gasteiger partial charge in [0.15, 0.2) is 0 Å². The average molecular weight is 254 g/mol. The maximum atomic E-state index is 12.1. The number of halogens is 1. The Morgan fingerprint density at radius 1 is 1.29 bits per heavy atom. The lowest BCUT2D eigenvalue weighted by Gasteiger charge is -2.36. The van der Waals surface area contributed by atoms with Crippen LogP contribution >= 0.6 is 11.6 Å². The number of hydrogen-bond acceptors (Lipinski definition) is 3. The molecular weight excluding hydrogens is 238 g/mol. The third kappa shape index (κ3) is 2.94. The molecule has 92 valence electrons. The van der Waals surface area contributed by atoms with Crippen LogP contribution in [0, 0.1) is 5.41 Å². The molecule has 1 aliphatic rings. The van der Waals surface area contributed by atoms with Gasteiger partial charge in [0.05, 0.1) is 12.4 Å². The van der Waals surface area contributed by atoms with Crippen LogP contribution in [0.4, 0.5) is 0 Å². The monoisotopic (exact) mass is 253 g/mol. The molecule has 1 aromatic rings.